The molecule has 0 fully saturated rings. The van der Waals surface area contributed by atoms with Gasteiger partial charge in [0.15, 0.2) is 0 Å². The third-order valence-electron chi connectivity index (χ3n) is 2.30. The number of rotatable bonds is 6. The standard InChI is InChI=1S/C12H14FNO4S/c1-8(12(16)17)6-19(18)7-11(15)14-10-5-3-2-4-9(10)13/h2-5,8H,6-7H2,1H3,(H,14,15)(H,16,17). The predicted octanol–water partition coefficient (Wildman–Crippen LogP) is 1.23. The van der Waals surface area contributed by atoms with Gasteiger partial charge in [0.05, 0.1) is 11.6 Å². The summed E-state index contributed by atoms with van der Waals surface area (Å²) in [5.41, 5.74) is 0.00998. The van der Waals surface area contributed by atoms with Gasteiger partial charge >= 0.3 is 5.97 Å². The van der Waals surface area contributed by atoms with Crippen LogP contribution in [0.2, 0.25) is 0 Å². The number of hydrogen-bond donors (Lipinski definition) is 2. The van der Waals surface area contributed by atoms with E-state index >= 15 is 0 Å². The highest BCUT2D eigenvalue weighted by atomic mass is 32.2. The average Bonchev–Trinajstić information content (AvgIpc) is 2.31. The van der Waals surface area contributed by atoms with E-state index in [1.54, 1.807) is 6.07 Å². The van der Waals surface area contributed by atoms with Gasteiger partial charge in [-0.1, -0.05) is 19.1 Å². The van der Waals surface area contributed by atoms with E-state index in [4.69, 9.17) is 5.11 Å². The van der Waals surface area contributed by atoms with Gasteiger partial charge in [-0.05, 0) is 12.1 Å². The van der Waals surface area contributed by atoms with Crippen LogP contribution in [-0.2, 0) is 20.4 Å². The molecule has 1 aromatic carbocycles. The molecule has 0 bridgehead atoms. The number of benzene rings is 1. The molecule has 0 aliphatic carbocycles. The first-order valence-corrected chi connectivity index (χ1v) is 7.01. The lowest BCUT2D eigenvalue weighted by Crippen LogP contribution is -2.25. The lowest BCUT2D eigenvalue weighted by atomic mass is 10.2. The van der Waals surface area contributed by atoms with Crippen LogP contribution in [0.4, 0.5) is 10.1 Å². The SMILES string of the molecule is CC(CS(=O)CC(=O)Nc1ccccc1F)C(=O)O. The summed E-state index contributed by atoms with van der Waals surface area (Å²) in [6.45, 7) is 1.41. The molecule has 0 saturated carbocycles. The highest BCUT2D eigenvalue weighted by molar-refractivity contribution is 7.85. The Morgan fingerprint density at radius 3 is 2.63 bits per heavy atom. The zero-order valence-corrected chi connectivity index (χ0v) is 11.1. The molecule has 1 amide bonds. The quantitative estimate of drug-likeness (QED) is 0.824. The Kier molecular flexibility index (Phi) is 5.62. The largest absolute Gasteiger partial charge is 0.481 e. The van der Waals surface area contributed by atoms with Gasteiger partial charge in [-0.3, -0.25) is 13.8 Å². The number of aliphatic carboxylic acids is 1. The number of carboxylic acid groups (broad SMARTS) is 1. The van der Waals surface area contributed by atoms with E-state index in [1.807, 2.05) is 0 Å². The fraction of sp³-hybridized carbons (Fsp3) is 0.333. The van der Waals surface area contributed by atoms with Crippen molar-refractivity contribution in [2.75, 3.05) is 16.8 Å². The third kappa shape index (κ3) is 5.17. The molecule has 2 atom stereocenters. The Morgan fingerprint density at radius 1 is 1.42 bits per heavy atom. The van der Waals surface area contributed by atoms with Crippen LogP contribution in [-0.4, -0.2) is 32.7 Å². The smallest absolute Gasteiger partial charge is 0.307 e. The number of halogens is 1. The van der Waals surface area contributed by atoms with Gasteiger partial charge in [-0.15, -0.1) is 0 Å². The summed E-state index contributed by atoms with van der Waals surface area (Å²) in [7, 11) is -1.60. The zero-order valence-electron chi connectivity index (χ0n) is 10.3. The average molecular weight is 287 g/mol. The molecule has 19 heavy (non-hydrogen) atoms. The molecule has 0 aliphatic heterocycles. The second-order valence-corrected chi connectivity index (χ2v) is 5.52. The number of carbonyl (C=O) groups excluding carboxylic acids is 1. The first kappa shape index (κ1) is 15.3. The molecule has 0 radical (unpaired) electrons. The predicted molar refractivity (Wildman–Crippen MR) is 69.7 cm³/mol. The molecule has 0 saturated heterocycles. The number of carbonyl (C=O) groups is 2. The minimum absolute atomic E-state index is 0.00998. The molecule has 0 aliphatic rings. The summed E-state index contributed by atoms with van der Waals surface area (Å²) in [6.07, 6.45) is 0. The number of hydrogen-bond acceptors (Lipinski definition) is 3. The minimum Gasteiger partial charge on any atom is -0.481 e. The third-order valence-corrected chi connectivity index (χ3v) is 3.75. The Labute approximate surface area is 112 Å². The van der Waals surface area contributed by atoms with E-state index in [1.165, 1.54) is 25.1 Å². The molecule has 0 aromatic heterocycles. The van der Waals surface area contributed by atoms with Gasteiger partial charge in [0.25, 0.3) is 0 Å². The second kappa shape index (κ2) is 6.98. The highest BCUT2D eigenvalue weighted by Crippen LogP contribution is 2.12. The molecule has 2 N–H and O–H groups in total. The lowest BCUT2D eigenvalue weighted by molar-refractivity contribution is -0.140. The molecule has 0 heterocycles. The van der Waals surface area contributed by atoms with Crippen LogP contribution in [0.5, 0.6) is 0 Å². The number of carboxylic acids is 1. The van der Waals surface area contributed by atoms with Crippen molar-refractivity contribution < 1.29 is 23.3 Å². The molecule has 7 heteroatoms. The summed E-state index contributed by atoms with van der Waals surface area (Å²) >= 11 is 0. The van der Waals surface area contributed by atoms with Crippen LogP contribution < -0.4 is 5.32 Å². The maximum Gasteiger partial charge on any atom is 0.307 e. The van der Waals surface area contributed by atoms with Crippen molar-refractivity contribution in [3.8, 4) is 0 Å². The highest BCUT2D eigenvalue weighted by Gasteiger charge is 2.17. The summed E-state index contributed by atoms with van der Waals surface area (Å²) in [5, 5.41) is 10.9. The van der Waals surface area contributed by atoms with Gasteiger partial charge in [0, 0.05) is 16.6 Å². The molecule has 5 nitrogen and oxygen atoms in total. The lowest BCUT2D eigenvalue weighted by Gasteiger charge is -2.07. The molecule has 1 rings (SSSR count). The van der Waals surface area contributed by atoms with Crippen molar-refractivity contribution in [3.63, 3.8) is 0 Å². The monoisotopic (exact) mass is 287 g/mol. The number of para-hydroxylation sites is 1. The first-order chi connectivity index (χ1) is 8.90. The van der Waals surface area contributed by atoms with Gasteiger partial charge in [-0.2, -0.15) is 0 Å². The van der Waals surface area contributed by atoms with Crippen molar-refractivity contribution in [2.45, 2.75) is 6.92 Å². The number of amides is 1. The molecule has 0 spiro atoms. The zero-order chi connectivity index (χ0) is 14.4. The Balaban J connectivity index is 2.50. The van der Waals surface area contributed by atoms with Crippen LogP contribution in [0.1, 0.15) is 6.92 Å². The molecular formula is C12H14FNO4S. The van der Waals surface area contributed by atoms with E-state index in [-0.39, 0.29) is 17.2 Å². The van der Waals surface area contributed by atoms with E-state index in [0.29, 0.717) is 0 Å². The Bertz CT molecular complexity index is 506. The van der Waals surface area contributed by atoms with Crippen molar-refractivity contribution in [1.82, 2.24) is 0 Å². The van der Waals surface area contributed by atoms with E-state index in [0.717, 1.165) is 0 Å². The maximum atomic E-state index is 13.2. The summed E-state index contributed by atoms with van der Waals surface area (Å²) in [6, 6.07) is 5.62. The summed E-state index contributed by atoms with van der Waals surface area (Å²) in [5.74, 6) is -3.52. The number of anilines is 1. The van der Waals surface area contributed by atoms with Crippen LogP contribution in [0, 0.1) is 11.7 Å². The Morgan fingerprint density at radius 2 is 2.05 bits per heavy atom. The van der Waals surface area contributed by atoms with Crippen LogP contribution in [0.15, 0.2) is 24.3 Å². The van der Waals surface area contributed by atoms with Crippen molar-refractivity contribution >= 4 is 28.4 Å². The van der Waals surface area contributed by atoms with E-state index in [9.17, 15) is 18.2 Å². The topological polar surface area (TPSA) is 83.5 Å². The van der Waals surface area contributed by atoms with Crippen molar-refractivity contribution in [2.24, 2.45) is 5.92 Å². The molecule has 2 unspecified atom stereocenters. The van der Waals surface area contributed by atoms with Crippen LogP contribution in [0.25, 0.3) is 0 Å². The molecule has 104 valence electrons. The van der Waals surface area contributed by atoms with Crippen molar-refractivity contribution in [3.05, 3.63) is 30.1 Å². The normalized spacial score (nSPS) is 13.6. The minimum atomic E-state index is -1.60. The summed E-state index contributed by atoms with van der Waals surface area (Å²) in [4.78, 5) is 22.1. The fourth-order valence-electron chi connectivity index (χ4n) is 1.30. The summed E-state index contributed by atoms with van der Waals surface area (Å²) < 4.78 is 24.8. The maximum absolute atomic E-state index is 13.2. The second-order valence-electron chi connectivity index (χ2n) is 4.02. The van der Waals surface area contributed by atoms with Gasteiger partial charge in [0.2, 0.25) is 5.91 Å². The number of nitrogens with one attached hydrogen (secondary N) is 1. The molecular weight excluding hydrogens is 273 g/mol. The van der Waals surface area contributed by atoms with Gasteiger partial charge in [-0.25, -0.2) is 4.39 Å². The van der Waals surface area contributed by atoms with E-state index in [2.05, 4.69) is 5.32 Å². The van der Waals surface area contributed by atoms with Crippen molar-refractivity contribution in [1.29, 1.82) is 0 Å². The van der Waals surface area contributed by atoms with E-state index < -0.39 is 34.4 Å². The Hall–Kier alpha value is -1.76. The van der Waals surface area contributed by atoms with Crippen LogP contribution in [0.3, 0.4) is 0 Å². The molecule has 1 aromatic rings. The van der Waals surface area contributed by atoms with Gasteiger partial charge in [0.1, 0.15) is 11.6 Å². The van der Waals surface area contributed by atoms with Crippen LogP contribution >= 0.6 is 0 Å². The van der Waals surface area contributed by atoms with Gasteiger partial charge < -0.3 is 10.4 Å². The first-order valence-electron chi connectivity index (χ1n) is 5.52. The fourth-order valence-corrected chi connectivity index (χ4v) is 2.49.